The zero-order chi connectivity index (χ0) is 19.4. The van der Waals surface area contributed by atoms with Crippen molar-refractivity contribution in [2.45, 2.75) is 32.5 Å². The molecule has 0 unspecified atom stereocenters. The lowest BCUT2D eigenvalue weighted by Crippen LogP contribution is -2.58. The van der Waals surface area contributed by atoms with Crippen LogP contribution in [0, 0.1) is 0 Å². The van der Waals surface area contributed by atoms with E-state index in [4.69, 9.17) is 5.11 Å². The number of aliphatic hydroxyl groups is 1. The molecule has 3 rings (SSSR count). The van der Waals surface area contributed by atoms with Gasteiger partial charge in [-0.3, -0.25) is 19.5 Å². The highest BCUT2D eigenvalue weighted by Crippen LogP contribution is 2.20. The van der Waals surface area contributed by atoms with Crippen molar-refractivity contribution in [3.8, 4) is 0 Å². The standard InChI is InChI=1S/C21H25N3O3/c1-15-11-23(13-17-6-8-18(9-7-17)20(26)14-25)12-16(2)24(15)21(27)19-5-3-4-10-22-19/h3-10,15-16,25H,11-14H2,1-2H3/t15-,16+. The number of rotatable bonds is 5. The van der Waals surface area contributed by atoms with Gasteiger partial charge in [-0.05, 0) is 31.5 Å². The fourth-order valence-corrected chi connectivity index (χ4v) is 3.73. The minimum atomic E-state index is -0.472. The highest BCUT2D eigenvalue weighted by molar-refractivity contribution is 5.96. The average Bonchev–Trinajstić information content (AvgIpc) is 2.68. The third kappa shape index (κ3) is 4.40. The number of hydrogen-bond acceptors (Lipinski definition) is 5. The van der Waals surface area contributed by atoms with Crippen molar-refractivity contribution < 1.29 is 14.7 Å². The summed E-state index contributed by atoms with van der Waals surface area (Å²) < 4.78 is 0. The minimum absolute atomic E-state index is 0.0258. The Hall–Kier alpha value is -2.57. The zero-order valence-electron chi connectivity index (χ0n) is 15.7. The normalized spacial score (nSPS) is 20.5. The van der Waals surface area contributed by atoms with Crippen LogP contribution in [0.4, 0.5) is 0 Å². The van der Waals surface area contributed by atoms with Crippen LogP contribution in [0.15, 0.2) is 48.7 Å². The van der Waals surface area contributed by atoms with Gasteiger partial charge in [-0.15, -0.1) is 0 Å². The second-order valence-electron chi connectivity index (χ2n) is 7.10. The van der Waals surface area contributed by atoms with E-state index in [9.17, 15) is 9.59 Å². The Balaban J connectivity index is 1.65. The molecular formula is C21H25N3O3. The van der Waals surface area contributed by atoms with Gasteiger partial charge in [-0.2, -0.15) is 0 Å². The van der Waals surface area contributed by atoms with Crippen LogP contribution in [0.5, 0.6) is 0 Å². The highest BCUT2D eigenvalue weighted by atomic mass is 16.3. The molecule has 0 spiro atoms. The Morgan fingerprint density at radius 3 is 2.30 bits per heavy atom. The number of Topliss-reactive ketones (excluding diaryl/α,β-unsaturated/α-hetero) is 1. The Kier molecular flexibility index (Phi) is 5.98. The summed E-state index contributed by atoms with van der Waals surface area (Å²) in [5.74, 6) is -0.299. The van der Waals surface area contributed by atoms with Crippen molar-refractivity contribution in [1.82, 2.24) is 14.8 Å². The number of piperazine rings is 1. The number of pyridine rings is 1. The van der Waals surface area contributed by atoms with Crippen LogP contribution >= 0.6 is 0 Å². The van der Waals surface area contributed by atoms with Gasteiger partial charge < -0.3 is 10.0 Å². The van der Waals surface area contributed by atoms with E-state index in [1.54, 1.807) is 30.5 Å². The predicted octanol–water partition coefficient (Wildman–Crippen LogP) is 1.99. The van der Waals surface area contributed by atoms with Gasteiger partial charge in [0.15, 0.2) is 5.78 Å². The molecule has 142 valence electrons. The second kappa shape index (κ2) is 8.41. The third-order valence-electron chi connectivity index (χ3n) is 4.94. The Morgan fingerprint density at radius 1 is 1.07 bits per heavy atom. The summed E-state index contributed by atoms with van der Waals surface area (Å²) in [7, 11) is 0. The van der Waals surface area contributed by atoms with Crippen LogP contribution < -0.4 is 0 Å². The van der Waals surface area contributed by atoms with Crippen molar-refractivity contribution in [3.63, 3.8) is 0 Å². The average molecular weight is 367 g/mol. The van der Waals surface area contributed by atoms with Gasteiger partial charge in [0.2, 0.25) is 0 Å². The van der Waals surface area contributed by atoms with E-state index in [1.165, 1.54) is 0 Å². The summed E-state index contributed by atoms with van der Waals surface area (Å²) in [5.41, 5.74) is 2.11. The molecule has 2 heterocycles. The number of carbonyl (C=O) groups excluding carboxylic acids is 2. The Labute approximate surface area is 159 Å². The van der Waals surface area contributed by atoms with E-state index in [0.717, 1.165) is 25.2 Å². The van der Waals surface area contributed by atoms with Gasteiger partial charge in [-0.25, -0.2) is 0 Å². The molecule has 27 heavy (non-hydrogen) atoms. The molecule has 0 saturated carbocycles. The number of aliphatic hydroxyl groups excluding tert-OH is 1. The molecule has 1 saturated heterocycles. The largest absolute Gasteiger partial charge is 0.388 e. The van der Waals surface area contributed by atoms with Crippen LogP contribution in [-0.4, -0.2) is 63.4 Å². The number of amides is 1. The van der Waals surface area contributed by atoms with Gasteiger partial charge in [-0.1, -0.05) is 30.3 Å². The first-order valence-electron chi connectivity index (χ1n) is 9.18. The van der Waals surface area contributed by atoms with Crippen LogP contribution in [-0.2, 0) is 6.54 Å². The summed E-state index contributed by atoms with van der Waals surface area (Å²) in [6, 6.07) is 12.9. The first-order chi connectivity index (χ1) is 13.0. The number of hydrogen-bond donors (Lipinski definition) is 1. The molecule has 6 heteroatoms. The maximum absolute atomic E-state index is 12.8. The summed E-state index contributed by atoms with van der Waals surface area (Å²) in [6.45, 7) is 5.97. The molecule has 1 aromatic heterocycles. The molecule has 1 fully saturated rings. The lowest BCUT2D eigenvalue weighted by molar-refractivity contribution is 0.0263. The van der Waals surface area contributed by atoms with Gasteiger partial charge >= 0.3 is 0 Å². The fourth-order valence-electron chi connectivity index (χ4n) is 3.73. The van der Waals surface area contributed by atoms with Crippen molar-refractivity contribution in [2.75, 3.05) is 19.7 Å². The lowest BCUT2D eigenvalue weighted by Gasteiger charge is -2.44. The third-order valence-corrected chi connectivity index (χ3v) is 4.94. The number of ketones is 1. The van der Waals surface area contributed by atoms with Crippen molar-refractivity contribution in [1.29, 1.82) is 0 Å². The number of aromatic nitrogens is 1. The van der Waals surface area contributed by atoms with E-state index < -0.39 is 6.61 Å². The van der Waals surface area contributed by atoms with E-state index in [0.29, 0.717) is 11.3 Å². The molecule has 1 N–H and O–H groups in total. The van der Waals surface area contributed by atoms with Gasteiger partial charge in [0, 0.05) is 43.5 Å². The van der Waals surface area contributed by atoms with Crippen LogP contribution in [0.2, 0.25) is 0 Å². The summed E-state index contributed by atoms with van der Waals surface area (Å²) >= 11 is 0. The summed E-state index contributed by atoms with van der Waals surface area (Å²) in [5, 5.41) is 8.93. The number of carbonyl (C=O) groups is 2. The summed E-state index contributed by atoms with van der Waals surface area (Å²) in [6.07, 6.45) is 1.64. The van der Waals surface area contributed by atoms with E-state index in [1.807, 2.05) is 23.1 Å². The first kappa shape index (κ1) is 19.2. The van der Waals surface area contributed by atoms with Gasteiger partial charge in [0.25, 0.3) is 5.91 Å². The summed E-state index contributed by atoms with van der Waals surface area (Å²) in [4.78, 5) is 32.7. The molecule has 0 bridgehead atoms. The first-order valence-corrected chi connectivity index (χ1v) is 9.18. The van der Waals surface area contributed by atoms with Gasteiger partial charge in [0.1, 0.15) is 12.3 Å². The molecule has 6 nitrogen and oxygen atoms in total. The molecule has 0 aliphatic carbocycles. The van der Waals surface area contributed by atoms with E-state index in [2.05, 4.69) is 23.7 Å². The maximum Gasteiger partial charge on any atom is 0.273 e. The van der Waals surface area contributed by atoms with Crippen LogP contribution in [0.25, 0.3) is 0 Å². The fraction of sp³-hybridized carbons (Fsp3) is 0.381. The van der Waals surface area contributed by atoms with Crippen LogP contribution in [0.1, 0.15) is 40.3 Å². The van der Waals surface area contributed by atoms with Gasteiger partial charge in [0.05, 0.1) is 0 Å². The topological polar surface area (TPSA) is 73.7 Å². The molecule has 1 aromatic carbocycles. The predicted molar refractivity (Wildman–Crippen MR) is 102 cm³/mol. The molecular weight excluding hydrogens is 342 g/mol. The number of nitrogens with zero attached hydrogens (tertiary/aromatic N) is 3. The molecule has 1 aliphatic heterocycles. The molecule has 1 amide bonds. The molecule has 2 atom stereocenters. The maximum atomic E-state index is 12.8. The minimum Gasteiger partial charge on any atom is -0.388 e. The van der Waals surface area contributed by atoms with Crippen molar-refractivity contribution >= 4 is 11.7 Å². The number of benzene rings is 1. The lowest BCUT2D eigenvalue weighted by atomic mass is 10.0. The Bertz CT molecular complexity index is 780. The Morgan fingerprint density at radius 2 is 1.74 bits per heavy atom. The van der Waals surface area contributed by atoms with Crippen LogP contribution in [0.3, 0.4) is 0 Å². The van der Waals surface area contributed by atoms with E-state index in [-0.39, 0.29) is 23.8 Å². The molecule has 2 aromatic rings. The quantitative estimate of drug-likeness (QED) is 0.818. The molecule has 0 radical (unpaired) electrons. The smallest absolute Gasteiger partial charge is 0.273 e. The SMILES string of the molecule is C[C@@H]1CN(Cc2ccc(C(=O)CO)cc2)C[C@H](C)N1C(=O)c1ccccn1. The zero-order valence-corrected chi connectivity index (χ0v) is 15.7. The highest BCUT2D eigenvalue weighted by Gasteiger charge is 2.33. The van der Waals surface area contributed by atoms with Crippen molar-refractivity contribution in [3.05, 3.63) is 65.5 Å². The van der Waals surface area contributed by atoms with Crippen molar-refractivity contribution in [2.24, 2.45) is 0 Å². The molecule has 1 aliphatic rings. The second-order valence-corrected chi connectivity index (χ2v) is 7.10. The monoisotopic (exact) mass is 367 g/mol. The van der Waals surface area contributed by atoms with E-state index >= 15 is 0 Å².